The molecule has 4 nitrogen and oxygen atoms in total. The summed E-state index contributed by atoms with van der Waals surface area (Å²) in [5, 5.41) is 0.893. The molecule has 2 aromatic heterocycles. The second kappa shape index (κ2) is 7.35. The highest BCUT2D eigenvalue weighted by Crippen LogP contribution is 2.33. The van der Waals surface area contributed by atoms with E-state index < -0.39 is 0 Å². The van der Waals surface area contributed by atoms with Crippen molar-refractivity contribution in [2.45, 2.75) is 12.8 Å². The molecule has 1 amide bonds. The Bertz CT molecular complexity index is 947. The van der Waals surface area contributed by atoms with Crippen molar-refractivity contribution in [1.29, 1.82) is 0 Å². The standard InChI is InChI=1S/C20H20ClN3OS/c21-19-6-5-18(26-19)17-11-15(14-3-1-2-4-16(14)23-17)20(25)24-9-7-13(12-22)8-10-24/h1-6,11,13H,7-10,12,22H2. The summed E-state index contributed by atoms with van der Waals surface area (Å²) in [5.74, 6) is 0.597. The lowest BCUT2D eigenvalue weighted by atomic mass is 9.96. The van der Waals surface area contributed by atoms with Gasteiger partial charge in [-0.15, -0.1) is 11.3 Å². The number of amides is 1. The molecule has 3 heterocycles. The number of carbonyl (C=O) groups excluding carboxylic acids is 1. The van der Waals surface area contributed by atoms with E-state index in [4.69, 9.17) is 22.3 Å². The van der Waals surface area contributed by atoms with Crippen LogP contribution in [-0.4, -0.2) is 35.4 Å². The zero-order valence-corrected chi connectivity index (χ0v) is 15.9. The summed E-state index contributed by atoms with van der Waals surface area (Å²) in [4.78, 5) is 20.9. The van der Waals surface area contributed by atoms with Crippen molar-refractivity contribution >= 4 is 39.7 Å². The first-order valence-electron chi connectivity index (χ1n) is 8.80. The maximum absolute atomic E-state index is 13.2. The number of hydrogen-bond donors (Lipinski definition) is 1. The molecule has 6 heteroatoms. The largest absolute Gasteiger partial charge is 0.339 e. The highest BCUT2D eigenvalue weighted by Gasteiger charge is 2.25. The predicted octanol–water partition coefficient (Wildman–Crippen LogP) is 4.43. The quantitative estimate of drug-likeness (QED) is 0.725. The van der Waals surface area contributed by atoms with E-state index >= 15 is 0 Å². The maximum Gasteiger partial charge on any atom is 0.254 e. The van der Waals surface area contributed by atoms with Gasteiger partial charge in [-0.3, -0.25) is 4.79 Å². The fraction of sp³-hybridized carbons (Fsp3) is 0.300. The number of halogens is 1. The lowest BCUT2D eigenvalue weighted by Crippen LogP contribution is -2.40. The average molecular weight is 386 g/mol. The minimum absolute atomic E-state index is 0.0722. The highest BCUT2D eigenvalue weighted by molar-refractivity contribution is 7.19. The van der Waals surface area contributed by atoms with Crippen LogP contribution in [0.25, 0.3) is 21.5 Å². The van der Waals surface area contributed by atoms with Crippen molar-refractivity contribution in [3.8, 4) is 10.6 Å². The third kappa shape index (κ3) is 3.34. The number of rotatable bonds is 3. The number of para-hydroxylation sites is 1. The Kier molecular flexibility index (Phi) is 4.94. The van der Waals surface area contributed by atoms with Gasteiger partial charge in [-0.1, -0.05) is 29.8 Å². The molecular weight excluding hydrogens is 366 g/mol. The molecule has 3 aromatic rings. The molecule has 0 bridgehead atoms. The van der Waals surface area contributed by atoms with E-state index in [0.717, 1.165) is 47.4 Å². The van der Waals surface area contributed by atoms with E-state index in [0.29, 0.717) is 22.4 Å². The third-order valence-electron chi connectivity index (χ3n) is 5.01. The summed E-state index contributed by atoms with van der Waals surface area (Å²) in [6.45, 7) is 2.22. The Labute approximate surface area is 161 Å². The van der Waals surface area contributed by atoms with Gasteiger partial charge in [-0.25, -0.2) is 4.98 Å². The lowest BCUT2D eigenvalue weighted by molar-refractivity contribution is 0.0695. The average Bonchev–Trinajstić information content (AvgIpc) is 3.13. The molecule has 0 radical (unpaired) electrons. The summed E-state index contributed by atoms with van der Waals surface area (Å²) < 4.78 is 0.715. The third-order valence-corrected chi connectivity index (χ3v) is 6.26. The number of carbonyl (C=O) groups is 1. The molecule has 134 valence electrons. The van der Waals surface area contributed by atoms with E-state index in [2.05, 4.69) is 0 Å². The van der Waals surface area contributed by atoms with Crippen LogP contribution < -0.4 is 5.73 Å². The van der Waals surface area contributed by atoms with Crippen molar-refractivity contribution in [2.75, 3.05) is 19.6 Å². The Morgan fingerprint density at radius 3 is 2.69 bits per heavy atom. The van der Waals surface area contributed by atoms with Crippen LogP contribution in [0.2, 0.25) is 4.34 Å². The number of nitrogens with two attached hydrogens (primary N) is 1. The Hall–Kier alpha value is -1.95. The van der Waals surface area contributed by atoms with Crippen LogP contribution >= 0.6 is 22.9 Å². The molecule has 1 saturated heterocycles. The number of fused-ring (bicyclic) bond motifs is 1. The number of thiophene rings is 1. The number of pyridine rings is 1. The normalized spacial score (nSPS) is 15.5. The van der Waals surface area contributed by atoms with Crippen LogP contribution in [0.5, 0.6) is 0 Å². The minimum Gasteiger partial charge on any atom is -0.339 e. The van der Waals surface area contributed by atoms with Crippen LogP contribution in [0, 0.1) is 5.92 Å². The van der Waals surface area contributed by atoms with Gasteiger partial charge in [-0.2, -0.15) is 0 Å². The van der Waals surface area contributed by atoms with Gasteiger partial charge in [0.2, 0.25) is 0 Å². The molecule has 2 N–H and O–H groups in total. The van der Waals surface area contributed by atoms with Crippen LogP contribution in [0.3, 0.4) is 0 Å². The summed E-state index contributed by atoms with van der Waals surface area (Å²) in [6, 6.07) is 13.5. The number of piperidine rings is 1. The summed E-state index contributed by atoms with van der Waals surface area (Å²) >= 11 is 7.56. The zero-order chi connectivity index (χ0) is 18.1. The zero-order valence-electron chi connectivity index (χ0n) is 14.3. The predicted molar refractivity (Wildman–Crippen MR) is 108 cm³/mol. The molecule has 1 aromatic carbocycles. The molecule has 1 aliphatic heterocycles. The molecule has 0 atom stereocenters. The van der Waals surface area contributed by atoms with E-state index in [-0.39, 0.29) is 5.91 Å². The van der Waals surface area contributed by atoms with Crippen molar-refractivity contribution in [3.63, 3.8) is 0 Å². The molecular formula is C20H20ClN3OS. The smallest absolute Gasteiger partial charge is 0.254 e. The second-order valence-electron chi connectivity index (χ2n) is 6.65. The molecule has 0 saturated carbocycles. The number of hydrogen-bond acceptors (Lipinski definition) is 4. The molecule has 4 rings (SSSR count). The van der Waals surface area contributed by atoms with Crippen LogP contribution in [-0.2, 0) is 0 Å². The maximum atomic E-state index is 13.2. The monoisotopic (exact) mass is 385 g/mol. The van der Waals surface area contributed by atoms with E-state index in [1.54, 1.807) is 0 Å². The first-order chi connectivity index (χ1) is 12.7. The van der Waals surface area contributed by atoms with Crippen LogP contribution in [0.1, 0.15) is 23.2 Å². The number of benzene rings is 1. The summed E-state index contributed by atoms with van der Waals surface area (Å²) in [5.41, 5.74) is 8.11. The van der Waals surface area contributed by atoms with Gasteiger partial charge in [-0.05, 0) is 49.6 Å². The van der Waals surface area contributed by atoms with Gasteiger partial charge >= 0.3 is 0 Å². The van der Waals surface area contributed by atoms with E-state index in [1.165, 1.54) is 11.3 Å². The fourth-order valence-electron chi connectivity index (χ4n) is 3.47. The Balaban J connectivity index is 1.74. The van der Waals surface area contributed by atoms with Crippen molar-refractivity contribution in [1.82, 2.24) is 9.88 Å². The van der Waals surface area contributed by atoms with Gasteiger partial charge in [0, 0.05) is 18.5 Å². The van der Waals surface area contributed by atoms with Crippen molar-refractivity contribution in [3.05, 3.63) is 52.4 Å². The van der Waals surface area contributed by atoms with E-state index in [1.807, 2.05) is 47.4 Å². The lowest BCUT2D eigenvalue weighted by Gasteiger charge is -2.31. The molecule has 0 spiro atoms. The molecule has 0 unspecified atom stereocenters. The minimum atomic E-state index is 0.0722. The number of likely N-dealkylation sites (tertiary alicyclic amines) is 1. The van der Waals surface area contributed by atoms with E-state index in [9.17, 15) is 4.79 Å². The summed E-state index contributed by atoms with van der Waals surface area (Å²) in [7, 11) is 0. The summed E-state index contributed by atoms with van der Waals surface area (Å²) in [6.07, 6.45) is 1.94. The Morgan fingerprint density at radius 1 is 1.23 bits per heavy atom. The molecule has 1 fully saturated rings. The fourth-order valence-corrected chi connectivity index (χ4v) is 4.48. The van der Waals surface area contributed by atoms with Gasteiger partial charge in [0.25, 0.3) is 5.91 Å². The SMILES string of the molecule is NCC1CCN(C(=O)c2cc(-c3ccc(Cl)s3)nc3ccccc23)CC1. The molecule has 26 heavy (non-hydrogen) atoms. The topological polar surface area (TPSA) is 59.2 Å². The molecule has 1 aliphatic rings. The van der Waals surface area contributed by atoms with Crippen LogP contribution in [0.15, 0.2) is 42.5 Å². The van der Waals surface area contributed by atoms with Gasteiger partial charge in [0.15, 0.2) is 0 Å². The van der Waals surface area contributed by atoms with Crippen molar-refractivity contribution in [2.24, 2.45) is 11.7 Å². The van der Waals surface area contributed by atoms with Crippen LogP contribution in [0.4, 0.5) is 0 Å². The highest BCUT2D eigenvalue weighted by atomic mass is 35.5. The van der Waals surface area contributed by atoms with Crippen molar-refractivity contribution < 1.29 is 4.79 Å². The first-order valence-corrected chi connectivity index (χ1v) is 10.00. The number of aromatic nitrogens is 1. The van der Waals surface area contributed by atoms with Gasteiger partial charge in [0.05, 0.1) is 26.0 Å². The van der Waals surface area contributed by atoms with Gasteiger partial charge < -0.3 is 10.6 Å². The first kappa shape index (κ1) is 17.5. The van der Waals surface area contributed by atoms with Gasteiger partial charge in [0.1, 0.15) is 0 Å². The molecule has 0 aliphatic carbocycles. The number of nitrogens with zero attached hydrogens (tertiary/aromatic N) is 2. The Morgan fingerprint density at radius 2 is 2.00 bits per heavy atom. The second-order valence-corrected chi connectivity index (χ2v) is 8.36.